The summed E-state index contributed by atoms with van der Waals surface area (Å²) in [6.45, 7) is 12.4. The summed E-state index contributed by atoms with van der Waals surface area (Å²) in [5.74, 6) is -0.161. The molecule has 48 heavy (non-hydrogen) atoms. The second kappa shape index (κ2) is 21.2. The molecule has 0 spiro atoms. The number of hydrogen-bond donors (Lipinski definition) is 4. The van der Waals surface area contributed by atoms with E-state index in [0.717, 1.165) is 61.5 Å². The lowest BCUT2D eigenvalue weighted by molar-refractivity contribution is -0.116. The number of phosphoric acid groups is 1. The van der Waals surface area contributed by atoms with Crippen LogP contribution in [0.3, 0.4) is 0 Å². The molecule has 0 aromatic carbocycles. The predicted octanol–water partition coefficient (Wildman–Crippen LogP) is 7.59. The number of ether oxygens (including phenoxy) is 1. The van der Waals surface area contributed by atoms with Gasteiger partial charge in [-0.3, -0.25) is 13.9 Å². The zero-order valence-corrected chi connectivity index (χ0v) is 30.4. The average molecular weight is 690 g/mol. The van der Waals surface area contributed by atoms with Gasteiger partial charge in [-0.25, -0.2) is 9.36 Å². The van der Waals surface area contributed by atoms with Gasteiger partial charge in [0.2, 0.25) is 5.91 Å². The zero-order valence-electron chi connectivity index (χ0n) is 29.5. The van der Waals surface area contributed by atoms with E-state index in [0.29, 0.717) is 6.42 Å². The molecule has 2 heterocycles. The summed E-state index contributed by atoms with van der Waals surface area (Å²) >= 11 is 0. The van der Waals surface area contributed by atoms with Crippen LogP contribution in [0.15, 0.2) is 75.3 Å². The molecule has 11 nitrogen and oxygen atoms in total. The summed E-state index contributed by atoms with van der Waals surface area (Å²) in [5.41, 5.74) is 6.08. The van der Waals surface area contributed by atoms with E-state index in [9.17, 15) is 19.3 Å². The number of amides is 1. The maximum atomic E-state index is 12.6. The number of unbranched alkanes of at least 4 members (excludes halogenated alkanes) is 1. The standard InChI is InChI=1S/C36H56N3O8P/c1-26(2)12-9-15-29(5)18-10-16-27(3)13-7-8-14-28(4)17-11-19-30(6)20-21-34(41)37-33-22-23-39(36(42)38-33)35-24-31(40)32(47-35)25-46-48(43,44)45/h12-14,18-19,22-23,31-32,35,40H,7-11,15-17,20-21,24-25H2,1-6H3,(H2,43,44,45)(H,37,38,41,42)/b27-13+,28-14+,29-18+,30-19+/t31-,32+,35+/m0/s1. The van der Waals surface area contributed by atoms with E-state index in [1.165, 1.54) is 34.6 Å². The Morgan fingerprint density at radius 1 is 0.896 bits per heavy atom. The lowest BCUT2D eigenvalue weighted by Crippen LogP contribution is -2.29. The van der Waals surface area contributed by atoms with E-state index in [1.807, 2.05) is 6.92 Å². The fourth-order valence-electron chi connectivity index (χ4n) is 5.17. The number of aromatic nitrogens is 2. The molecule has 1 aliphatic heterocycles. The second-order valence-corrected chi connectivity index (χ2v) is 14.2. The topological polar surface area (TPSA) is 160 Å². The van der Waals surface area contributed by atoms with Crippen LogP contribution >= 0.6 is 7.82 Å². The number of rotatable bonds is 20. The Kier molecular flexibility index (Phi) is 18.2. The number of nitrogens with zero attached hydrogens (tertiary/aromatic N) is 2. The van der Waals surface area contributed by atoms with Gasteiger partial charge in [-0.2, -0.15) is 4.98 Å². The number of hydrogen-bond acceptors (Lipinski definition) is 7. The van der Waals surface area contributed by atoms with E-state index in [-0.39, 0.29) is 24.6 Å². The van der Waals surface area contributed by atoms with E-state index >= 15 is 0 Å². The van der Waals surface area contributed by atoms with Gasteiger partial charge in [-0.1, -0.05) is 58.2 Å². The van der Waals surface area contributed by atoms with E-state index < -0.39 is 38.6 Å². The molecule has 1 aliphatic rings. The summed E-state index contributed by atoms with van der Waals surface area (Å²) in [5, 5.41) is 12.8. The Morgan fingerprint density at radius 3 is 1.94 bits per heavy atom. The minimum atomic E-state index is -4.73. The minimum absolute atomic E-state index is 0.0102. The first kappa shape index (κ1) is 41.3. The molecule has 4 N–H and O–H groups in total. The van der Waals surface area contributed by atoms with Crippen molar-refractivity contribution in [3.05, 3.63) is 81.0 Å². The first-order valence-corrected chi connectivity index (χ1v) is 18.3. The van der Waals surface area contributed by atoms with Crippen LogP contribution in [0.25, 0.3) is 0 Å². The molecule has 0 aliphatic carbocycles. The van der Waals surface area contributed by atoms with Crippen molar-refractivity contribution in [1.29, 1.82) is 0 Å². The van der Waals surface area contributed by atoms with Crippen molar-refractivity contribution < 1.29 is 33.5 Å². The molecule has 0 unspecified atom stereocenters. The van der Waals surface area contributed by atoms with Gasteiger partial charge in [0.1, 0.15) is 18.1 Å². The molecule has 1 aromatic heterocycles. The normalized spacial score (nSPS) is 19.5. The highest BCUT2D eigenvalue weighted by molar-refractivity contribution is 7.46. The number of aliphatic hydroxyl groups excluding tert-OH is 1. The molecule has 12 heteroatoms. The zero-order chi connectivity index (χ0) is 35.7. The summed E-state index contributed by atoms with van der Waals surface area (Å²) in [7, 11) is -4.73. The highest BCUT2D eigenvalue weighted by Gasteiger charge is 2.37. The summed E-state index contributed by atoms with van der Waals surface area (Å²) in [4.78, 5) is 46.7. The van der Waals surface area contributed by atoms with Gasteiger partial charge in [0, 0.05) is 19.0 Å². The van der Waals surface area contributed by atoms with Crippen LogP contribution in [0.5, 0.6) is 0 Å². The predicted molar refractivity (Wildman–Crippen MR) is 190 cm³/mol. The Hall–Kier alpha value is -2.92. The maximum Gasteiger partial charge on any atom is 0.469 e. The minimum Gasteiger partial charge on any atom is -0.390 e. The Balaban J connectivity index is 1.68. The third-order valence-electron chi connectivity index (χ3n) is 8.07. The van der Waals surface area contributed by atoms with Crippen molar-refractivity contribution in [1.82, 2.24) is 9.55 Å². The van der Waals surface area contributed by atoms with Gasteiger partial charge in [-0.15, -0.1) is 0 Å². The van der Waals surface area contributed by atoms with Crippen LogP contribution < -0.4 is 11.0 Å². The van der Waals surface area contributed by atoms with E-state index in [1.54, 1.807) is 0 Å². The quantitative estimate of drug-likeness (QED) is 0.0614. The highest BCUT2D eigenvalue weighted by Crippen LogP contribution is 2.38. The van der Waals surface area contributed by atoms with Crippen molar-refractivity contribution >= 4 is 19.5 Å². The number of nitrogens with one attached hydrogen (secondary N) is 1. The Morgan fingerprint density at radius 2 is 1.42 bits per heavy atom. The molecule has 3 atom stereocenters. The van der Waals surface area contributed by atoms with Crippen molar-refractivity contribution in [2.24, 2.45) is 0 Å². The number of aliphatic hydroxyl groups is 1. The van der Waals surface area contributed by atoms with E-state index in [2.05, 4.69) is 79.8 Å². The molecule has 1 saturated heterocycles. The molecule has 1 amide bonds. The Labute approximate surface area is 285 Å². The van der Waals surface area contributed by atoms with Gasteiger partial charge in [0.15, 0.2) is 0 Å². The molecule has 1 aromatic rings. The van der Waals surface area contributed by atoms with Crippen molar-refractivity contribution in [3.8, 4) is 0 Å². The molecule has 1 fully saturated rings. The Bertz CT molecular complexity index is 1450. The SMILES string of the molecule is CC(C)=CCC/C(C)=C/CC/C(C)=C/CC/C=C(\C)CC/C=C(\C)CCC(=O)Nc1ccn([C@H]2C[C@H](O)[C@@H](COP(=O)(O)O)O2)c(=O)n1. The fraction of sp³-hybridized carbons (Fsp3) is 0.583. The number of anilines is 1. The van der Waals surface area contributed by atoms with Crippen LogP contribution in [0, 0.1) is 0 Å². The van der Waals surface area contributed by atoms with Crippen molar-refractivity contribution in [3.63, 3.8) is 0 Å². The molecular formula is C36H56N3O8P. The van der Waals surface area contributed by atoms with Gasteiger partial charge in [-0.05, 0) is 105 Å². The summed E-state index contributed by atoms with van der Waals surface area (Å²) in [6, 6.07) is 1.46. The van der Waals surface area contributed by atoms with Gasteiger partial charge in [0.05, 0.1) is 12.7 Å². The molecule has 268 valence electrons. The lowest BCUT2D eigenvalue weighted by Gasteiger charge is -2.16. The second-order valence-electron chi connectivity index (χ2n) is 12.9. The average Bonchev–Trinajstić information content (AvgIpc) is 3.36. The summed E-state index contributed by atoms with van der Waals surface area (Å²) < 4.78 is 22.0. The van der Waals surface area contributed by atoms with E-state index in [4.69, 9.17) is 14.5 Å². The van der Waals surface area contributed by atoms with Crippen LogP contribution in [0.4, 0.5) is 5.82 Å². The van der Waals surface area contributed by atoms with Crippen molar-refractivity contribution in [2.75, 3.05) is 11.9 Å². The largest absolute Gasteiger partial charge is 0.469 e. The van der Waals surface area contributed by atoms with Gasteiger partial charge in [0.25, 0.3) is 0 Å². The third-order valence-corrected chi connectivity index (χ3v) is 8.56. The molecule has 2 rings (SSSR count). The monoisotopic (exact) mass is 689 g/mol. The number of allylic oxidation sites excluding steroid dienone is 10. The van der Waals surface area contributed by atoms with Crippen LogP contribution in [0.2, 0.25) is 0 Å². The molecule has 0 bridgehead atoms. The van der Waals surface area contributed by atoms with Gasteiger partial charge >= 0.3 is 13.5 Å². The maximum absolute atomic E-state index is 12.6. The summed E-state index contributed by atoms with van der Waals surface area (Å²) in [6.07, 6.45) is 19.2. The lowest BCUT2D eigenvalue weighted by atomic mass is 10.0. The first-order chi connectivity index (χ1) is 22.6. The van der Waals surface area contributed by atoms with Crippen molar-refractivity contribution in [2.45, 2.75) is 131 Å². The van der Waals surface area contributed by atoms with Crippen LogP contribution in [-0.2, 0) is 18.6 Å². The number of carbonyl (C=O) groups excluding carboxylic acids is 1. The first-order valence-electron chi connectivity index (χ1n) is 16.8. The highest BCUT2D eigenvalue weighted by atomic mass is 31.2. The molecule has 0 saturated carbocycles. The fourth-order valence-corrected chi connectivity index (χ4v) is 5.51. The van der Waals surface area contributed by atoms with Gasteiger partial charge < -0.3 is 24.9 Å². The molecule has 0 radical (unpaired) electrons. The third kappa shape index (κ3) is 17.5. The molecular weight excluding hydrogens is 633 g/mol. The number of phosphoric ester groups is 1. The van der Waals surface area contributed by atoms with Crippen LogP contribution in [0.1, 0.15) is 118 Å². The van der Waals surface area contributed by atoms with Crippen LogP contribution in [-0.4, -0.2) is 49.2 Å². The number of carbonyl (C=O) groups is 1. The smallest absolute Gasteiger partial charge is 0.390 e.